The Bertz CT molecular complexity index is 625. The molecule has 1 nitrogen and oxygen atoms in total. The summed E-state index contributed by atoms with van der Waals surface area (Å²) in [5.41, 5.74) is 5.10. The van der Waals surface area contributed by atoms with Crippen LogP contribution in [-0.4, -0.2) is 13.1 Å². The Labute approximate surface area is 134 Å². The SMILES string of the molecule is CNC(Cc1cc(C)ccc1C)Cc1ccc(F)cc1Br. The summed E-state index contributed by atoms with van der Waals surface area (Å²) in [5, 5.41) is 3.37. The molecule has 0 bridgehead atoms. The molecule has 0 saturated carbocycles. The van der Waals surface area contributed by atoms with Crippen LogP contribution in [0.1, 0.15) is 22.3 Å². The lowest BCUT2D eigenvalue weighted by Gasteiger charge is -2.19. The van der Waals surface area contributed by atoms with Crippen molar-refractivity contribution in [3.8, 4) is 0 Å². The molecule has 0 aromatic heterocycles. The minimum Gasteiger partial charge on any atom is -0.316 e. The smallest absolute Gasteiger partial charge is 0.124 e. The molecule has 3 heteroatoms. The van der Waals surface area contributed by atoms with E-state index < -0.39 is 0 Å². The minimum absolute atomic E-state index is 0.207. The first kappa shape index (κ1) is 16.2. The summed E-state index contributed by atoms with van der Waals surface area (Å²) in [6.07, 6.45) is 1.83. The van der Waals surface area contributed by atoms with Gasteiger partial charge in [-0.05, 0) is 62.6 Å². The average Bonchev–Trinajstić information content (AvgIpc) is 2.44. The molecular formula is C18H21BrFN. The van der Waals surface area contributed by atoms with Crippen molar-refractivity contribution in [2.45, 2.75) is 32.7 Å². The predicted molar refractivity (Wildman–Crippen MR) is 90.3 cm³/mol. The molecule has 0 amide bonds. The third-order valence-electron chi connectivity index (χ3n) is 3.86. The highest BCUT2D eigenvalue weighted by Crippen LogP contribution is 2.21. The van der Waals surface area contributed by atoms with E-state index in [2.05, 4.69) is 53.3 Å². The highest BCUT2D eigenvalue weighted by molar-refractivity contribution is 9.10. The number of hydrogen-bond donors (Lipinski definition) is 1. The van der Waals surface area contributed by atoms with Crippen molar-refractivity contribution >= 4 is 15.9 Å². The molecule has 0 aliphatic carbocycles. The van der Waals surface area contributed by atoms with Gasteiger partial charge in [0.05, 0.1) is 0 Å². The molecule has 0 aliphatic rings. The van der Waals surface area contributed by atoms with Crippen LogP contribution in [0.15, 0.2) is 40.9 Å². The first-order valence-corrected chi connectivity index (χ1v) is 7.96. The zero-order valence-corrected chi connectivity index (χ0v) is 14.3. The zero-order chi connectivity index (χ0) is 15.4. The number of likely N-dealkylation sites (N-methyl/N-ethyl adjacent to an activating group) is 1. The zero-order valence-electron chi connectivity index (χ0n) is 12.7. The maximum absolute atomic E-state index is 13.2. The highest BCUT2D eigenvalue weighted by Gasteiger charge is 2.12. The molecule has 0 heterocycles. The molecule has 0 spiro atoms. The highest BCUT2D eigenvalue weighted by atomic mass is 79.9. The van der Waals surface area contributed by atoms with Gasteiger partial charge in [-0.25, -0.2) is 4.39 Å². The normalized spacial score (nSPS) is 12.4. The van der Waals surface area contributed by atoms with Gasteiger partial charge in [0.25, 0.3) is 0 Å². The second-order valence-corrected chi connectivity index (χ2v) is 6.41. The third-order valence-corrected chi connectivity index (χ3v) is 4.60. The standard InChI is InChI=1S/C18H21BrFN/c1-12-4-5-13(2)15(8-12)10-17(21-3)9-14-6-7-16(20)11-18(14)19/h4-8,11,17,21H,9-10H2,1-3H3. The second kappa shape index (κ2) is 7.19. The lowest BCUT2D eigenvalue weighted by atomic mass is 9.95. The molecule has 2 aromatic carbocycles. The Kier molecular flexibility index (Phi) is 5.54. The summed E-state index contributed by atoms with van der Waals surface area (Å²) in [4.78, 5) is 0. The lowest BCUT2D eigenvalue weighted by Crippen LogP contribution is -2.30. The van der Waals surface area contributed by atoms with Gasteiger partial charge in [-0.3, -0.25) is 0 Å². The van der Waals surface area contributed by atoms with Gasteiger partial charge in [0.15, 0.2) is 0 Å². The largest absolute Gasteiger partial charge is 0.316 e. The van der Waals surface area contributed by atoms with E-state index in [4.69, 9.17) is 0 Å². The number of rotatable bonds is 5. The molecule has 21 heavy (non-hydrogen) atoms. The maximum atomic E-state index is 13.2. The van der Waals surface area contributed by atoms with Crippen molar-refractivity contribution in [1.82, 2.24) is 5.32 Å². The van der Waals surface area contributed by atoms with Crippen molar-refractivity contribution in [3.63, 3.8) is 0 Å². The Balaban J connectivity index is 2.14. The fourth-order valence-electron chi connectivity index (χ4n) is 2.51. The van der Waals surface area contributed by atoms with Crippen LogP contribution < -0.4 is 5.32 Å². The predicted octanol–water partition coefficient (Wildman–Crippen LogP) is 4.58. The van der Waals surface area contributed by atoms with Crippen LogP contribution in [0.2, 0.25) is 0 Å². The summed E-state index contributed by atoms with van der Waals surface area (Å²) in [5.74, 6) is -0.207. The Morgan fingerprint density at radius 3 is 2.43 bits per heavy atom. The van der Waals surface area contributed by atoms with Crippen LogP contribution in [0.3, 0.4) is 0 Å². The van der Waals surface area contributed by atoms with Crippen molar-refractivity contribution in [1.29, 1.82) is 0 Å². The van der Waals surface area contributed by atoms with E-state index in [1.165, 1.54) is 28.8 Å². The Morgan fingerprint density at radius 2 is 1.76 bits per heavy atom. The average molecular weight is 350 g/mol. The van der Waals surface area contributed by atoms with Gasteiger partial charge in [-0.15, -0.1) is 0 Å². The molecule has 1 unspecified atom stereocenters. The number of aryl methyl sites for hydroxylation is 2. The van der Waals surface area contributed by atoms with Gasteiger partial charge in [0.2, 0.25) is 0 Å². The molecule has 0 radical (unpaired) electrons. The molecule has 0 saturated heterocycles. The monoisotopic (exact) mass is 349 g/mol. The second-order valence-electron chi connectivity index (χ2n) is 5.56. The topological polar surface area (TPSA) is 12.0 Å². The van der Waals surface area contributed by atoms with Crippen LogP contribution in [0.25, 0.3) is 0 Å². The van der Waals surface area contributed by atoms with E-state index in [0.29, 0.717) is 6.04 Å². The van der Waals surface area contributed by atoms with E-state index in [0.717, 1.165) is 22.9 Å². The van der Waals surface area contributed by atoms with Gasteiger partial charge in [-0.1, -0.05) is 45.8 Å². The summed E-state index contributed by atoms with van der Waals surface area (Å²) >= 11 is 3.45. The Morgan fingerprint density at radius 1 is 1.05 bits per heavy atom. The molecule has 0 fully saturated rings. The first-order chi connectivity index (χ1) is 9.99. The summed E-state index contributed by atoms with van der Waals surface area (Å²) in [6.45, 7) is 4.27. The fourth-order valence-corrected chi connectivity index (χ4v) is 3.03. The van der Waals surface area contributed by atoms with Crippen LogP contribution in [0.5, 0.6) is 0 Å². The summed E-state index contributed by atoms with van der Waals surface area (Å²) < 4.78 is 14.0. The number of benzene rings is 2. The van der Waals surface area contributed by atoms with Crippen LogP contribution in [0.4, 0.5) is 4.39 Å². The molecular weight excluding hydrogens is 329 g/mol. The van der Waals surface area contributed by atoms with Gasteiger partial charge >= 0.3 is 0 Å². The van der Waals surface area contributed by atoms with Gasteiger partial charge < -0.3 is 5.32 Å². The van der Waals surface area contributed by atoms with Crippen molar-refractivity contribution < 1.29 is 4.39 Å². The Hall–Kier alpha value is -1.19. The van der Waals surface area contributed by atoms with Crippen molar-refractivity contribution in [2.24, 2.45) is 0 Å². The quantitative estimate of drug-likeness (QED) is 0.832. The molecule has 2 aromatic rings. The van der Waals surface area contributed by atoms with E-state index in [9.17, 15) is 4.39 Å². The van der Waals surface area contributed by atoms with E-state index in [1.54, 1.807) is 0 Å². The van der Waals surface area contributed by atoms with Gasteiger partial charge in [0.1, 0.15) is 5.82 Å². The summed E-state index contributed by atoms with van der Waals surface area (Å²) in [6, 6.07) is 11.8. The lowest BCUT2D eigenvalue weighted by molar-refractivity contribution is 0.553. The molecule has 2 rings (SSSR count). The number of nitrogens with one attached hydrogen (secondary N) is 1. The summed E-state index contributed by atoms with van der Waals surface area (Å²) in [7, 11) is 1.98. The fraction of sp³-hybridized carbons (Fsp3) is 0.333. The maximum Gasteiger partial charge on any atom is 0.124 e. The van der Waals surface area contributed by atoms with Crippen LogP contribution >= 0.6 is 15.9 Å². The molecule has 1 atom stereocenters. The van der Waals surface area contributed by atoms with Crippen molar-refractivity contribution in [3.05, 3.63) is 68.9 Å². The van der Waals surface area contributed by atoms with Crippen LogP contribution in [0, 0.1) is 19.7 Å². The third kappa shape index (κ3) is 4.39. The number of hydrogen-bond acceptors (Lipinski definition) is 1. The first-order valence-electron chi connectivity index (χ1n) is 7.17. The van der Waals surface area contributed by atoms with E-state index in [1.807, 2.05) is 13.1 Å². The number of halogens is 2. The van der Waals surface area contributed by atoms with Crippen molar-refractivity contribution in [2.75, 3.05) is 7.05 Å². The van der Waals surface area contributed by atoms with Gasteiger partial charge in [0, 0.05) is 10.5 Å². The molecule has 0 aliphatic heterocycles. The van der Waals surface area contributed by atoms with E-state index >= 15 is 0 Å². The molecule has 1 N–H and O–H groups in total. The van der Waals surface area contributed by atoms with E-state index in [-0.39, 0.29) is 5.82 Å². The molecule has 112 valence electrons. The van der Waals surface area contributed by atoms with Gasteiger partial charge in [-0.2, -0.15) is 0 Å². The minimum atomic E-state index is -0.207. The van der Waals surface area contributed by atoms with Crippen LogP contribution in [-0.2, 0) is 12.8 Å².